The average Bonchev–Trinajstić information content (AvgIpc) is 3.76. The van der Waals surface area contributed by atoms with Gasteiger partial charge in [-0.1, -0.05) is 97.1 Å². The fourth-order valence-electron chi connectivity index (χ4n) is 7.43. The molecule has 0 spiro atoms. The highest BCUT2D eigenvalue weighted by Crippen LogP contribution is 2.45. The standard InChI is InChI=1S/C24H24N4O3.C20H15N3O3/c29-24(27-17-13-25-23(26-14-17)15-28-9-11-30-12-10-28)31-16-22-20-7-3-1-5-18(20)19-6-2-4-8-21(19)22;24-11-19-21-9-13(10-22-19)23-20(25)26-12-18-16-7-3-1-5-14(16)15-6-2-4-8-17(15)18/h1-8,13-14,22H,9-12,15-16H2,(H,27,29);1-11,18H,12H2,(H,23,25). The van der Waals surface area contributed by atoms with E-state index in [1.54, 1.807) is 12.4 Å². The summed E-state index contributed by atoms with van der Waals surface area (Å²) in [6.45, 7) is 4.41. The van der Waals surface area contributed by atoms with Crippen molar-refractivity contribution in [3.05, 3.63) is 156 Å². The van der Waals surface area contributed by atoms with Gasteiger partial charge in [-0.3, -0.25) is 20.3 Å². The van der Waals surface area contributed by atoms with Crippen LogP contribution in [0, 0.1) is 0 Å². The van der Waals surface area contributed by atoms with Crippen molar-refractivity contribution in [1.82, 2.24) is 24.8 Å². The van der Waals surface area contributed by atoms with Gasteiger partial charge in [-0.25, -0.2) is 29.5 Å². The number of morpholine rings is 1. The first-order valence-corrected chi connectivity index (χ1v) is 18.7. The summed E-state index contributed by atoms with van der Waals surface area (Å²) < 4.78 is 16.3. The number of carbonyl (C=O) groups is 3. The Kier molecular flexibility index (Phi) is 11.3. The molecule has 2 amide bonds. The molecule has 4 aromatic carbocycles. The lowest BCUT2D eigenvalue weighted by Crippen LogP contribution is -2.36. The van der Waals surface area contributed by atoms with Crippen LogP contribution in [0.3, 0.4) is 0 Å². The Morgan fingerprint density at radius 2 is 1.00 bits per heavy atom. The molecule has 9 rings (SSSR count). The van der Waals surface area contributed by atoms with Gasteiger partial charge in [-0.05, 0) is 44.5 Å². The van der Waals surface area contributed by atoms with Crippen molar-refractivity contribution in [2.45, 2.75) is 18.4 Å². The van der Waals surface area contributed by atoms with Crippen molar-refractivity contribution < 1.29 is 28.6 Å². The molecule has 0 bridgehead atoms. The largest absolute Gasteiger partial charge is 0.448 e. The van der Waals surface area contributed by atoms with Gasteiger partial charge in [-0.15, -0.1) is 0 Å². The quantitative estimate of drug-likeness (QED) is 0.142. The van der Waals surface area contributed by atoms with E-state index in [-0.39, 0.29) is 30.9 Å². The number of aromatic nitrogens is 4. The molecule has 3 heterocycles. The molecule has 57 heavy (non-hydrogen) atoms. The van der Waals surface area contributed by atoms with Crippen molar-refractivity contribution in [3.8, 4) is 22.3 Å². The van der Waals surface area contributed by atoms with E-state index in [2.05, 4.69) is 84.0 Å². The summed E-state index contributed by atoms with van der Waals surface area (Å²) in [5.41, 5.74) is 10.3. The Morgan fingerprint density at radius 3 is 1.40 bits per heavy atom. The van der Waals surface area contributed by atoms with Gasteiger partial charge in [0.15, 0.2) is 12.1 Å². The summed E-state index contributed by atoms with van der Waals surface area (Å²) in [6.07, 6.45) is 5.39. The van der Waals surface area contributed by atoms with Gasteiger partial charge in [0.25, 0.3) is 0 Å². The predicted molar refractivity (Wildman–Crippen MR) is 213 cm³/mol. The Hall–Kier alpha value is -6.83. The van der Waals surface area contributed by atoms with E-state index in [1.807, 2.05) is 48.5 Å². The first-order chi connectivity index (χ1) is 28.0. The number of rotatable bonds is 9. The van der Waals surface area contributed by atoms with Crippen LogP contribution in [0.25, 0.3) is 22.3 Å². The summed E-state index contributed by atoms with van der Waals surface area (Å²) in [4.78, 5) is 53.6. The highest BCUT2D eigenvalue weighted by Gasteiger charge is 2.30. The first kappa shape index (κ1) is 37.1. The predicted octanol–water partition coefficient (Wildman–Crippen LogP) is 7.32. The summed E-state index contributed by atoms with van der Waals surface area (Å²) in [5, 5.41) is 5.29. The van der Waals surface area contributed by atoms with Crippen LogP contribution in [0.5, 0.6) is 0 Å². The van der Waals surface area contributed by atoms with Gasteiger partial charge in [0, 0.05) is 24.9 Å². The lowest BCUT2D eigenvalue weighted by Gasteiger charge is -2.25. The molecular weight excluding hydrogens is 723 g/mol. The smallest absolute Gasteiger partial charge is 0.411 e. The SMILES string of the molecule is O=C(Nc1cnc(CN2CCOCC2)nc1)OCC1c2ccccc2-c2ccccc21.O=Cc1ncc(NC(=O)OCC2c3ccccc3-c3ccccc32)cn1. The number of hydrogen-bond donors (Lipinski definition) is 2. The van der Waals surface area contributed by atoms with E-state index in [0.29, 0.717) is 24.2 Å². The van der Waals surface area contributed by atoms with Crippen molar-refractivity contribution in [1.29, 1.82) is 0 Å². The van der Waals surface area contributed by atoms with Crippen LogP contribution >= 0.6 is 0 Å². The molecule has 1 saturated heterocycles. The fourth-order valence-corrected chi connectivity index (χ4v) is 7.43. The monoisotopic (exact) mass is 761 g/mol. The number of ether oxygens (including phenoxy) is 3. The molecule has 1 fully saturated rings. The molecule has 2 aliphatic carbocycles. The highest BCUT2D eigenvalue weighted by molar-refractivity contribution is 5.86. The molecule has 3 aliphatic rings. The minimum atomic E-state index is -0.589. The second-order valence-corrected chi connectivity index (χ2v) is 13.6. The van der Waals surface area contributed by atoms with Crippen LogP contribution in [-0.2, 0) is 20.8 Å². The summed E-state index contributed by atoms with van der Waals surface area (Å²) in [5.74, 6) is 0.815. The molecule has 2 aromatic heterocycles. The third-order valence-corrected chi connectivity index (χ3v) is 10.1. The van der Waals surface area contributed by atoms with Crippen LogP contribution in [-0.4, -0.2) is 82.8 Å². The topological polar surface area (TPSA) is 158 Å². The summed E-state index contributed by atoms with van der Waals surface area (Å²) in [6, 6.07) is 32.8. The maximum atomic E-state index is 12.4. The zero-order chi connectivity index (χ0) is 39.0. The minimum absolute atomic E-state index is 0.00170. The van der Waals surface area contributed by atoms with Gasteiger partial charge in [0.05, 0.1) is 55.9 Å². The molecule has 2 N–H and O–H groups in total. The third kappa shape index (κ3) is 8.54. The number of anilines is 2. The van der Waals surface area contributed by atoms with Crippen molar-refractivity contribution >= 4 is 29.8 Å². The minimum Gasteiger partial charge on any atom is -0.448 e. The Balaban J connectivity index is 0.000000162. The second kappa shape index (κ2) is 17.3. The van der Waals surface area contributed by atoms with E-state index in [0.717, 1.165) is 43.3 Å². The number of nitrogens with zero attached hydrogens (tertiary/aromatic N) is 5. The molecule has 13 nitrogen and oxygen atoms in total. The Bertz CT molecular complexity index is 2280. The van der Waals surface area contributed by atoms with Gasteiger partial charge < -0.3 is 14.2 Å². The van der Waals surface area contributed by atoms with Gasteiger partial charge in [0.1, 0.15) is 19.0 Å². The van der Waals surface area contributed by atoms with Crippen molar-refractivity contribution in [3.63, 3.8) is 0 Å². The van der Waals surface area contributed by atoms with Gasteiger partial charge >= 0.3 is 12.2 Å². The fraction of sp³-hybridized carbons (Fsp3) is 0.205. The lowest BCUT2D eigenvalue weighted by molar-refractivity contribution is 0.0330. The molecular formula is C44H39N7O6. The molecule has 6 aromatic rings. The van der Waals surface area contributed by atoms with Crippen molar-refractivity contribution in [2.75, 3.05) is 50.2 Å². The van der Waals surface area contributed by atoms with Crippen LogP contribution in [0.15, 0.2) is 122 Å². The third-order valence-electron chi connectivity index (χ3n) is 10.1. The number of nitrogens with one attached hydrogen (secondary N) is 2. The van der Waals surface area contributed by atoms with E-state index in [1.165, 1.54) is 45.8 Å². The maximum absolute atomic E-state index is 12.4. The van der Waals surface area contributed by atoms with E-state index < -0.39 is 12.2 Å². The number of fused-ring (bicyclic) bond motifs is 6. The summed E-state index contributed by atoms with van der Waals surface area (Å²) >= 11 is 0. The summed E-state index contributed by atoms with van der Waals surface area (Å²) in [7, 11) is 0. The molecule has 286 valence electrons. The zero-order valence-electron chi connectivity index (χ0n) is 30.9. The average molecular weight is 762 g/mol. The molecule has 13 heteroatoms. The molecule has 1 aliphatic heterocycles. The van der Waals surface area contributed by atoms with Crippen LogP contribution in [0.4, 0.5) is 21.0 Å². The van der Waals surface area contributed by atoms with Gasteiger partial charge in [0.2, 0.25) is 0 Å². The van der Waals surface area contributed by atoms with Crippen LogP contribution in [0.1, 0.15) is 50.5 Å². The zero-order valence-corrected chi connectivity index (χ0v) is 30.9. The van der Waals surface area contributed by atoms with E-state index in [9.17, 15) is 14.4 Å². The number of hydrogen-bond acceptors (Lipinski definition) is 11. The molecule has 0 atom stereocenters. The Labute approximate surface area is 329 Å². The van der Waals surface area contributed by atoms with E-state index >= 15 is 0 Å². The van der Waals surface area contributed by atoms with Crippen molar-refractivity contribution in [2.24, 2.45) is 0 Å². The number of amides is 2. The molecule has 0 unspecified atom stereocenters. The Morgan fingerprint density at radius 1 is 0.614 bits per heavy atom. The van der Waals surface area contributed by atoms with Crippen LogP contribution < -0.4 is 10.6 Å². The second-order valence-electron chi connectivity index (χ2n) is 13.6. The molecule has 0 saturated carbocycles. The highest BCUT2D eigenvalue weighted by atomic mass is 16.6. The number of carbonyl (C=O) groups excluding carboxylic acids is 3. The van der Waals surface area contributed by atoms with E-state index in [4.69, 9.17) is 14.2 Å². The number of benzene rings is 4. The molecule has 0 radical (unpaired) electrons. The first-order valence-electron chi connectivity index (χ1n) is 18.7. The lowest BCUT2D eigenvalue weighted by atomic mass is 9.98. The maximum Gasteiger partial charge on any atom is 0.411 e. The van der Waals surface area contributed by atoms with Gasteiger partial charge in [-0.2, -0.15) is 0 Å². The number of aldehydes is 1. The normalized spacial score (nSPS) is 14.2. The van der Waals surface area contributed by atoms with Crippen LogP contribution in [0.2, 0.25) is 0 Å².